The lowest BCUT2D eigenvalue weighted by atomic mass is 10.0. The molecular formula is C29H38N2O3. The summed E-state index contributed by atoms with van der Waals surface area (Å²) in [5.74, 6) is 0.976. The molecule has 3 aromatic carbocycles. The number of hydrogen-bond donors (Lipinski definition) is 3. The fraction of sp³-hybridized carbons (Fsp3) is 0.379. The van der Waals surface area contributed by atoms with Crippen LogP contribution >= 0.6 is 0 Å². The molecule has 0 aromatic heterocycles. The first-order chi connectivity index (χ1) is 15.9. The second-order valence-corrected chi connectivity index (χ2v) is 9.96. The Hall–Kier alpha value is -3.02. The van der Waals surface area contributed by atoms with Gasteiger partial charge in [0.1, 0.15) is 17.2 Å². The van der Waals surface area contributed by atoms with E-state index in [1.807, 2.05) is 85.1 Å². The average Bonchev–Trinajstić information content (AvgIpc) is 2.72. The molecule has 0 unspecified atom stereocenters. The molecule has 0 heterocycles. The van der Waals surface area contributed by atoms with Crippen LogP contribution in [0.5, 0.6) is 17.2 Å². The smallest absolute Gasteiger partial charge is 0.124 e. The maximum atomic E-state index is 11.1. The summed E-state index contributed by atoms with van der Waals surface area (Å²) >= 11 is 0. The third-order valence-electron chi connectivity index (χ3n) is 6.22. The maximum Gasteiger partial charge on any atom is 0.124 e. The summed E-state index contributed by atoms with van der Waals surface area (Å²) in [7, 11) is 3.99. The molecule has 3 rings (SSSR count). The van der Waals surface area contributed by atoms with Gasteiger partial charge in [0.2, 0.25) is 0 Å². The first-order valence-electron chi connectivity index (χ1n) is 11.7. The van der Waals surface area contributed by atoms with Crippen LogP contribution in [0.4, 0.5) is 0 Å². The molecule has 0 bridgehead atoms. The highest BCUT2D eigenvalue weighted by atomic mass is 16.3. The summed E-state index contributed by atoms with van der Waals surface area (Å²) in [6, 6.07) is 12.0. The summed E-state index contributed by atoms with van der Waals surface area (Å²) < 4.78 is 0. The maximum absolute atomic E-state index is 11.1. The van der Waals surface area contributed by atoms with Crippen molar-refractivity contribution in [3.8, 4) is 17.2 Å². The molecule has 34 heavy (non-hydrogen) atoms. The highest BCUT2D eigenvalue weighted by Crippen LogP contribution is 2.30. The van der Waals surface area contributed by atoms with Gasteiger partial charge in [-0.2, -0.15) is 0 Å². The number of rotatable bonds is 8. The fourth-order valence-electron chi connectivity index (χ4n) is 4.79. The third kappa shape index (κ3) is 6.10. The van der Waals surface area contributed by atoms with Crippen LogP contribution < -0.4 is 0 Å². The van der Waals surface area contributed by atoms with Crippen molar-refractivity contribution in [2.75, 3.05) is 14.1 Å². The predicted molar refractivity (Wildman–Crippen MR) is 138 cm³/mol. The van der Waals surface area contributed by atoms with Gasteiger partial charge in [0, 0.05) is 48.4 Å². The number of hydrogen-bond acceptors (Lipinski definition) is 5. The van der Waals surface area contributed by atoms with Gasteiger partial charge < -0.3 is 15.3 Å². The van der Waals surface area contributed by atoms with E-state index < -0.39 is 0 Å². The Morgan fingerprint density at radius 1 is 0.471 bits per heavy atom. The van der Waals surface area contributed by atoms with Crippen LogP contribution in [-0.4, -0.2) is 39.2 Å². The normalized spacial score (nSPS) is 11.6. The van der Waals surface area contributed by atoms with E-state index in [0.717, 1.165) is 50.1 Å². The average molecular weight is 463 g/mol. The van der Waals surface area contributed by atoms with Crippen molar-refractivity contribution in [1.29, 1.82) is 0 Å². The van der Waals surface area contributed by atoms with Crippen LogP contribution in [0.25, 0.3) is 0 Å². The molecule has 182 valence electrons. The molecular weight excluding hydrogens is 424 g/mol. The summed E-state index contributed by atoms with van der Waals surface area (Å²) in [4.78, 5) is 4.20. The number of phenols is 3. The van der Waals surface area contributed by atoms with Gasteiger partial charge in [0.25, 0.3) is 0 Å². The van der Waals surface area contributed by atoms with Crippen molar-refractivity contribution >= 4 is 0 Å². The van der Waals surface area contributed by atoms with Crippen molar-refractivity contribution < 1.29 is 15.3 Å². The minimum Gasteiger partial charge on any atom is -0.507 e. The molecule has 0 radical (unpaired) electrons. The van der Waals surface area contributed by atoms with E-state index in [-0.39, 0.29) is 0 Å². The second kappa shape index (κ2) is 10.5. The number of nitrogens with zero attached hydrogens (tertiary/aromatic N) is 2. The highest BCUT2D eigenvalue weighted by Gasteiger charge is 2.16. The zero-order chi connectivity index (χ0) is 25.2. The van der Waals surface area contributed by atoms with E-state index in [2.05, 4.69) is 9.80 Å². The third-order valence-corrected chi connectivity index (χ3v) is 6.22. The molecule has 0 saturated heterocycles. The molecule has 0 spiro atoms. The van der Waals surface area contributed by atoms with Gasteiger partial charge in [-0.1, -0.05) is 53.1 Å². The standard InChI is InChI=1S/C29H38N2O3/c1-18-8-21(4)27(32)23(10-18)14-30(6)16-25-12-20(3)13-26(29(25)34)17-31(7)15-24-11-19(2)9-22(5)28(24)33/h8-13,32-34H,14-17H2,1-7H3. The predicted octanol–water partition coefficient (Wildman–Crippen LogP) is 5.61. The van der Waals surface area contributed by atoms with E-state index in [0.29, 0.717) is 43.4 Å². The first-order valence-corrected chi connectivity index (χ1v) is 11.7. The minimum absolute atomic E-state index is 0.304. The van der Waals surface area contributed by atoms with Crippen LogP contribution in [0, 0.1) is 34.6 Å². The molecule has 0 aliphatic rings. The Bertz CT molecular complexity index is 1100. The zero-order valence-corrected chi connectivity index (χ0v) is 21.5. The lowest BCUT2D eigenvalue weighted by Gasteiger charge is -2.23. The Balaban J connectivity index is 1.76. The number of aromatic hydroxyl groups is 3. The molecule has 0 atom stereocenters. The van der Waals surface area contributed by atoms with E-state index in [1.54, 1.807) is 0 Å². The van der Waals surface area contributed by atoms with E-state index >= 15 is 0 Å². The summed E-state index contributed by atoms with van der Waals surface area (Å²) in [5, 5.41) is 32.0. The topological polar surface area (TPSA) is 67.2 Å². The Morgan fingerprint density at radius 3 is 1.06 bits per heavy atom. The molecule has 0 saturated carbocycles. The Kier molecular flexibility index (Phi) is 7.90. The van der Waals surface area contributed by atoms with Crippen molar-refractivity contribution in [1.82, 2.24) is 9.80 Å². The molecule has 3 aromatic rings. The fourth-order valence-corrected chi connectivity index (χ4v) is 4.79. The molecule has 0 aliphatic heterocycles. The largest absolute Gasteiger partial charge is 0.507 e. The van der Waals surface area contributed by atoms with Crippen LogP contribution in [-0.2, 0) is 26.2 Å². The van der Waals surface area contributed by atoms with E-state index in [4.69, 9.17) is 0 Å². The van der Waals surface area contributed by atoms with Crippen molar-refractivity contribution in [3.05, 3.63) is 86.5 Å². The monoisotopic (exact) mass is 462 g/mol. The van der Waals surface area contributed by atoms with Crippen LogP contribution in [0.15, 0.2) is 36.4 Å². The van der Waals surface area contributed by atoms with E-state index in [1.165, 1.54) is 0 Å². The Morgan fingerprint density at radius 2 is 0.735 bits per heavy atom. The SMILES string of the molecule is Cc1cc(C)c(O)c(CN(C)Cc2cc(C)cc(CN(C)Cc3cc(C)cc(C)c3O)c2O)c1. The minimum atomic E-state index is 0.304. The van der Waals surface area contributed by atoms with E-state index in [9.17, 15) is 15.3 Å². The molecule has 5 nitrogen and oxygen atoms in total. The summed E-state index contributed by atoms with van der Waals surface area (Å²) in [5.41, 5.74) is 8.60. The lowest BCUT2D eigenvalue weighted by molar-refractivity contribution is 0.296. The highest BCUT2D eigenvalue weighted by molar-refractivity contribution is 5.45. The van der Waals surface area contributed by atoms with Gasteiger partial charge in [0.15, 0.2) is 0 Å². The van der Waals surface area contributed by atoms with Crippen LogP contribution in [0.3, 0.4) is 0 Å². The molecule has 3 N–H and O–H groups in total. The lowest BCUT2D eigenvalue weighted by Crippen LogP contribution is -2.20. The summed E-state index contributed by atoms with van der Waals surface area (Å²) in [6.45, 7) is 12.2. The summed E-state index contributed by atoms with van der Waals surface area (Å²) in [6.07, 6.45) is 0. The van der Waals surface area contributed by atoms with Crippen molar-refractivity contribution in [2.24, 2.45) is 0 Å². The molecule has 0 fully saturated rings. The van der Waals surface area contributed by atoms with Crippen LogP contribution in [0.2, 0.25) is 0 Å². The Labute approximate surface area is 203 Å². The number of phenolic OH excluding ortho intramolecular Hbond substituents is 3. The van der Waals surface area contributed by atoms with Gasteiger partial charge >= 0.3 is 0 Å². The van der Waals surface area contributed by atoms with Crippen LogP contribution in [0.1, 0.15) is 50.1 Å². The van der Waals surface area contributed by atoms with Gasteiger partial charge in [-0.15, -0.1) is 0 Å². The van der Waals surface area contributed by atoms with Crippen molar-refractivity contribution in [3.63, 3.8) is 0 Å². The van der Waals surface area contributed by atoms with Crippen molar-refractivity contribution in [2.45, 2.75) is 60.8 Å². The second-order valence-electron chi connectivity index (χ2n) is 9.96. The van der Waals surface area contributed by atoms with Gasteiger partial charge in [-0.25, -0.2) is 0 Å². The van der Waals surface area contributed by atoms with Gasteiger partial charge in [-0.3, -0.25) is 9.80 Å². The molecule has 5 heteroatoms. The quantitative estimate of drug-likeness (QED) is 0.406. The number of benzene rings is 3. The zero-order valence-electron chi connectivity index (χ0n) is 21.5. The molecule has 0 aliphatic carbocycles. The van der Waals surface area contributed by atoms with Gasteiger partial charge in [0.05, 0.1) is 0 Å². The molecule has 0 amide bonds. The first kappa shape index (κ1) is 25.6. The van der Waals surface area contributed by atoms with Gasteiger partial charge in [-0.05, 0) is 59.8 Å². The number of aryl methyl sites for hydroxylation is 5.